The number of nitrogens with one attached hydrogen (secondary N) is 1. The predicted octanol–water partition coefficient (Wildman–Crippen LogP) is -0.166. The molecule has 0 bridgehead atoms. The third-order valence-corrected chi connectivity index (χ3v) is 4.31. The summed E-state index contributed by atoms with van der Waals surface area (Å²) in [7, 11) is -6.97. The lowest BCUT2D eigenvalue weighted by Gasteiger charge is -2.20. The first kappa shape index (κ1) is 20.6. The van der Waals surface area contributed by atoms with Gasteiger partial charge in [-0.3, -0.25) is 9.08 Å². The van der Waals surface area contributed by atoms with Crippen LogP contribution in [0.5, 0.6) is 0 Å². The topological polar surface area (TPSA) is 119 Å². The summed E-state index contributed by atoms with van der Waals surface area (Å²) in [6.07, 6.45) is 5.48. The van der Waals surface area contributed by atoms with E-state index in [0.717, 1.165) is 12.5 Å². The maximum Gasteiger partial charge on any atom is 0.410 e. The Kier molecular flexibility index (Phi) is 7.39. The summed E-state index contributed by atoms with van der Waals surface area (Å²) in [6.45, 7) is 3.58. The van der Waals surface area contributed by atoms with Gasteiger partial charge in [-0.15, -0.1) is 0 Å². The van der Waals surface area contributed by atoms with Crippen LogP contribution in [0.1, 0.15) is 6.42 Å². The van der Waals surface area contributed by atoms with Crippen LogP contribution in [0.4, 0.5) is 4.79 Å². The van der Waals surface area contributed by atoms with Crippen molar-refractivity contribution in [1.82, 2.24) is 9.62 Å². The Morgan fingerprint density at radius 1 is 1.33 bits per heavy atom. The normalized spacial score (nSPS) is 22.0. The van der Waals surface area contributed by atoms with Gasteiger partial charge in [0.1, 0.15) is 6.61 Å². The molecule has 11 heteroatoms. The Balaban J connectivity index is 2.76. The molecule has 1 saturated heterocycles. The molecule has 0 radical (unpaired) electrons. The fourth-order valence-corrected chi connectivity index (χ4v) is 3.21. The van der Waals surface area contributed by atoms with E-state index in [-0.39, 0.29) is 26.1 Å². The molecule has 9 nitrogen and oxygen atoms in total. The molecule has 1 N–H and O–H groups in total. The summed E-state index contributed by atoms with van der Waals surface area (Å²) in [5.41, 5.74) is 0. The van der Waals surface area contributed by atoms with Crippen LogP contribution >= 0.6 is 0 Å². The van der Waals surface area contributed by atoms with Crippen molar-refractivity contribution in [2.45, 2.75) is 18.6 Å². The number of rotatable bonds is 8. The zero-order valence-corrected chi connectivity index (χ0v) is 15.2. The largest absolute Gasteiger partial charge is 0.445 e. The number of hydrogen-bond acceptors (Lipinski definition) is 7. The van der Waals surface area contributed by atoms with Gasteiger partial charge in [0.15, 0.2) is 0 Å². The average Bonchev–Trinajstić information content (AvgIpc) is 2.80. The lowest BCUT2D eigenvalue weighted by Crippen LogP contribution is -2.36. The van der Waals surface area contributed by atoms with Gasteiger partial charge in [0, 0.05) is 13.0 Å². The minimum Gasteiger partial charge on any atom is -0.445 e. The van der Waals surface area contributed by atoms with Gasteiger partial charge in [0.2, 0.25) is 10.0 Å². The van der Waals surface area contributed by atoms with Crippen LogP contribution in [0.2, 0.25) is 0 Å². The van der Waals surface area contributed by atoms with Crippen molar-refractivity contribution in [2.24, 2.45) is 0 Å². The van der Waals surface area contributed by atoms with Gasteiger partial charge in [-0.1, -0.05) is 24.8 Å². The molecule has 1 rings (SSSR count). The van der Waals surface area contributed by atoms with E-state index in [1.807, 2.05) is 0 Å². The summed E-state index contributed by atoms with van der Waals surface area (Å²) in [4.78, 5) is 13.4. The Bertz CT molecular complexity index is 685. The van der Waals surface area contributed by atoms with Gasteiger partial charge in [0.05, 0.1) is 31.2 Å². The molecular weight excluding hydrogens is 360 g/mol. The molecule has 0 unspecified atom stereocenters. The summed E-state index contributed by atoms with van der Waals surface area (Å²) >= 11 is 0. The van der Waals surface area contributed by atoms with E-state index in [4.69, 9.17) is 8.92 Å². The second-order valence-corrected chi connectivity index (χ2v) is 8.73. The molecule has 1 fully saturated rings. The molecule has 24 heavy (non-hydrogen) atoms. The standard InChI is InChI=1S/C13H22N2O7S2/c1-4-8-21-13(16)15-10-12(22-24(3,19)20)9-11(15)6-5-7-14-23(2,17)18/h4-6,11-12,14H,1,7-10H2,2-3H3/b6-5+/t11-,12-/m1/s1. The molecule has 1 aliphatic rings. The van der Waals surface area contributed by atoms with Crippen LogP contribution in [-0.2, 0) is 29.1 Å². The minimum atomic E-state index is -3.65. The molecule has 1 amide bonds. The highest BCUT2D eigenvalue weighted by atomic mass is 32.2. The van der Waals surface area contributed by atoms with Gasteiger partial charge in [-0.05, 0) is 0 Å². The Labute approximate surface area is 142 Å². The maximum absolute atomic E-state index is 12.0. The fraction of sp³-hybridized carbons (Fsp3) is 0.615. The fourth-order valence-electron chi connectivity index (χ4n) is 2.17. The van der Waals surface area contributed by atoms with Crippen molar-refractivity contribution in [3.8, 4) is 0 Å². The van der Waals surface area contributed by atoms with Crippen molar-refractivity contribution in [3.05, 3.63) is 24.8 Å². The SMILES string of the molecule is C=CCOC(=O)N1C[C@H](OS(C)(=O)=O)C[C@H]1/C=C/CNS(C)(=O)=O. The van der Waals surface area contributed by atoms with E-state index in [9.17, 15) is 21.6 Å². The van der Waals surface area contributed by atoms with Crippen LogP contribution < -0.4 is 4.72 Å². The Morgan fingerprint density at radius 2 is 2.00 bits per heavy atom. The van der Waals surface area contributed by atoms with Crippen molar-refractivity contribution in [3.63, 3.8) is 0 Å². The van der Waals surface area contributed by atoms with Crippen LogP contribution in [0.25, 0.3) is 0 Å². The predicted molar refractivity (Wildman–Crippen MR) is 88.4 cm³/mol. The number of carbonyl (C=O) groups is 1. The van der Waals surface area contributed by atoms with Crippen LogP contribution in [0.3, 0.4) is 0 Å². The minimum absolute atomic E-state index is 0.0268. The van der Waals surface area contributed by atoms with Gasteiger partial charge in [-0.25, -0.2) is 17.9 Å². The number of hydrogen-bond donors (Lipinski definition) is 1. The van der Waals surface area contributed by atoms with Gasteiger partial charge >= 0.3 is 6.09 Å². The second kappa shape index (κ2) is 8.60. The summed E-state index contributed by atoms with van der Waals surface area (Å²) < 4.78 is 56.7. The third-order valence-electron chi connectivity index (χ3n) is 3.00. The van der Waals surface area contributed by atoms with Crippen molar-refractivity contribution < 1.29 is 30.6 Å². The molecular formula is C13H22N2O7S2. The van der Waals surface area contributed by atoms with E-state index in [1.54, 1.807) is 12.2 Å². The second-order valence-electron chi connectivity index (χ2n) is 5.29. The molecule has 0 saturated carbocycles. The Morgan fingerprint density at radius 3 is 2.54 bits per heavy atom. The van der Waals surface area contributed by atoms with Crippen molar-refractivity contribution >= 4 is 26.2 Å². The van der Waals surface area contributed by atoms with Crippen LogP contribution in [-0.4, -0.2) is 72.2 Å². The first-order chi connectivity index (χ1) is 11.0. The van der Waals surface area contributed by atoms with E-state index in [0.29, 0.717) is 0 Å². The quantitative estimate of drug-likeness (QED) is 0.457. The molecule has 1 aliphatic heterocycles. The van der Waals surface area contributed by atoms with Crippen LogP contribution in [0.15, 0.2) is 24.8 Å². The van der Waals surface area contributed by atoms with E-state index in [1.165, 1.54) is 11.0 Å². The molecule has 2 atom stereocenters. The van der Waals surface area contributed by atoms with E-state index < -0.39 is 38.4 Å². The molecule has 138 valence electrons. The highest BCUT2D eigenvalue weighted by Gasteiger charge is 2.36. The highest BCUT2D eigenvalue weighted by Crippen LogP contribution is 2.23. The molecule has 0 aromatic rings. The molecule has 0 aliphatic carbocycles. The molecule has 0 spiro atoms. The number of sulfonamides is 1. The summed E-state index contributed by atoms with van der Waals surface area (Å²) in [5, 5.41) is 0. The zero-order valence-electron chi connectivity index (χ0n) is 13.5. The van der Waals surface area contributed by atoms with Crippen molar-refractivity contribution in [2.75, 3.05) is 32.2 Å². The number of amides is 1. The summed E-state index contributed by atoms with van der Waals surface area (Å²) in [6, 6.07) is -0.463. The smallest absolute Gasteiger partial charge is 0.410 e. The first-order valence-electron chi connectivity index (χ1n) is 7.05. The third kappa shape index (κ3) is 7.90. The number of likely N-dealkylation sites (tertiary alicyclic amines) is 1. The van der Waals surface area contributed by atoms with Crippen LogP contribution in [0, 0.1) is 0 Å². The van der Waals surface area contributed by atoms with E-state index in [2.05, 4.69) is 11.3 Å². The molecule has 0 aromatic carbocycles. The zero-order chi connectivity index (χ0) is 18.4. The number of ether oxygens (including phenoxy) is 1. The van der Waals surface area contributed by atoms with E-state index >= 15 is 0 Å². The van der Waals surface area contributed by atoms with Gasteiger partial charge in [0.25, 0.3) is 10.1 Å². The monoisotopic (exact) mass is 382 g/mol. The first-order valence-corrected chi connectivity index (χ1v) is 10.8. The molecule has 1 heterocycles. The molecule has 0 aromatic heterocycles. The highest BCUT2D eigenvalue weighted by molar-refractivity contribution is 7.88. The average molecular weight is 382 g/mol. The summed E-state index contributed by atoms with van der Waals surface area (Å²) in [5.74, 6) is 0. The Hall–Kier alpha value is -1.43. The van der Waals surface area contributed by atoms with Gasteiger partial charge in [-0.2, -0.15) is 8.42 Å². The number of carbonyl (C=O) groups excluding carboxylic acids is 1. The lowest BCUT2D eigenvalue weighted by atomic mass is 10.2. The lowest BCUT2D eigenvalue weighted by molar-refractivity contribution is 0.109. The number of nitrogens with zero attached hydrogens (tertiary/aromatic N) is 1. The maximum atomic E-state index is 12.0. The van der Waals surface area contributed by atoms with Gasteiger partial charge < -0.3 is 4.74 Å². The van der Waals surface area contributed by atoms with Crippen molar-refractivity contribution in [1.29, 1.82) is 0 Å².